The van der Waals surface area contributed by atoms with Crippen LogP contribution in [0.4, 0.5) is 0 Å². The van der Waals surface area contributed by atoms with E-state index in [1.165, 1.54) is 25.7 Å². The second-order valence-electron chi connectivity index (χ2n) is 5.12. The third kappa shape index (κ3) is 1.58. The van der Waals surface area contributed by atoms with Crippen molar-refractivity contribution in [3.8, 4) is 6.07 Å². The van der Waals surface area contributed by atoms with Crippen molar-refractivity contribution >= 4 is 0 Å². The number of nitriles is 1. The molecule has 13 heavy (non-hydrogen) atoms. The van der Waals surface area contributed by atoms with Gasteiger partial charge in [-0.3, -0.25) is 5.32 Å². The van der Waals surface area contributed by atoms with E-state index in [9.17, 15) is 5.26 Å². The van der Waals surface area contributed by atoms with Gasteiger partial charge in [0.1, 0.15) is 5.54 Å². The molecule has 2 nitrogen and oxygen atoms in total. The molecule has 0 spiro atoms. The summed E-state index contributed by atoms with van der Waals surface area (Å²) in [7, 11) is 0. The van der Waals surface area contributed by atoms with Gasteiger partial charge in [0, 0.05) is 0 Å². The maximum atomic E-state index is 9.18. The van der Waals surface area contributed by atoms with E-state index in [2.05, 4.69) is 25.2 Å². The normalized spacial score (nSPS) is 29.0. The molecule has 1 N–H and O–H groups in total. The van der Waals surface area contributed by atoms with Crippen molar-refractivity contribution in [3.05, 3.63) is 0 Å². The Kier molecular flexibility index (Phi) is 1.89. The smallest absolute Gasteiger partial charge is 0.109 e. The van der Waals surface area contributed by atoms with Gasteiger partial charge in [-0.05, 0) is 50.5 Å². The van der Waals surface area contributed by atoms with E-state index in [0.29, 0.717) is 0 Å². The third-order valence-corrected chi connectivity index (χ3v) is 3.87. The molecule has 2 fully saturated rings. The summed E-state index contributed by atoms with van der Waals surface area (Å²) in [6.07, 6.45) is 5.11. The number of nitrogens with zero attached hydrogens (tertiary/aromatic N) is 1. The van der Waals surface area contributed by atoms with Crippen LogP contribution in [0.3, 0.4) is 0 Å². The van der Waals surface area contributed by atoms with Crippen molar-refractivity contribution in [1.82, 2.24) is 5.32 Å². The van der Waals surface area contributed by atoms with Gasteiger partial charge in [-0.1, -0.05) is 6.92 Å². The summed E-state index contributed by atoms with van der Waals surface area (Å²) >= 11 is 0. The molecule has 0 amide bonds. The zero-order valence-electron chi connectivity index (χ0n) is 8.56. The lowest BCUT2D eigenvalue weighted by Gasteiger charge is -2.30. The number of rotatable bonds is 4. The van der Waals surface area contributed by atoms with Crippen molar-refractivity contribution in [2.45, 2.75) is 45.1 Å². The first-order valence-electron chi connectivity index (χ1n) is 5.26. The first-order valence-corrected chi connectivity index (χ1v) is 5.26. The van der Waals surface area contributed by atoms with E-state index in [1.807, 2.05) is 0 Å². The van der Waals surface area contributed by atoms with Gasteiger partial charge in [0.05, 0.1) is 6.07 Å². The largest absolute Gasteiger partial charge is 0.299 e. The van der Waals surface area contributed by atoms with E-state index >= 15 is 0 Å². The van der Waals surface area contributed by atoms with Crippen LogP contribution in [-0.4, -0.2) is 12.1 Å². The Morgan fingerprint density at radius 1 is 1.54 bits per heavy atom. The fourth-order valence-corrected chi connectivity index (χ4v) is 1.75. The van der Waals surface area contributed by atoms with Crippen LogP contribution in [0.25, 0.3) is 0 Å². The molecule has 0 aliphatic heterocycles. The fourth-order valence-electron chi connectivity index (χ4n) is 1.75. The third-order valence-electron chi connectivity index (χ3n) is 3.87. The predicted molar refractivity (Wildman–Crippen MR) is 52.1 cm³/mol. The highest BCUT2D eigenvalue weighted by atomic mass is 15.0. The molecule has 2 saturated carbocycles. The van der Waals surface area contributed by atoms with Gasteiger partial charge in [-0.25, -0.2) is 0 Å². The molecule has 0 bridgehead atoms. The van der Waals surface area contributed by atoms with Crippen LogP contribution in [0.2, 0.25) is 0 Å². The lowest BCUT2D eigenvalue weighted by atomic mass is 9.85. The second kappa shape index (κ2) is 2.72. The molecule has 0 heterocycles. The Labute approximate surface area is 80.3 Å². The SMILES string of the molecule is CC1(C(C)(C#N)NCC2CC2)CC1. The van der Waals surface area contributed by atoms with Gasteiger partial charge in [-0.15, -0.1) is 0 Å². The Balaban J connectivity index is 1.93. The average molecular weight is 178 g/mol. The molecular weight excluding hydrogens is 160 g/mol. The number of hydrogen-bond acceptors (Lipinski definition) is 2. The zero-order chi connectivity index (χ0) is 9.53. The minimum atomic E-state index is -0.282. The maximum Gasteiger partial charge on any atom is 0.109 e. The molecule has 1 unspecified atom stereocenters. The van der Waals surface area contributed by atoms with Crippen molar-refractivity contribution in [2.24, 2.45) is 11.3 Å². The average Bonchev–Trinajstić information content (AvgIpc) is 2.96. The van der Waals surface area contributed by atoms with Crippen LogP contribution in [0, 0.1) is 22.7 Å². The summed E-state index contributed by atoms with van der Waals surface area (Å²) in [5.74, 6) is 0.857. The van der Waals surface area contributed by atoms with Crippen LogP contribution >= 0.6 is 0 Å². The lowest BCUT2D eigenvalue weighted by Crippen LogP contribution is -2.48. The van der Waals surface area contributed by atoms with Gasteiger partial charge in [0.25, 0.3) is 0 Å². The van der Waals surface area contributed by atoms with E-state index in [1.54, 1.807) is 0 Å². The highest BCUT2D eigenvalue weighted by molar-refractivity contribution is 5.19. The van der Waals surface area contributed by atoms with Crippen LogP contribution in [0.1, 0.15) is 39.5 Å². The van der Waals surface area contributed by atoms with E-state index in [0.717, 1.165) is 12.5 Å². The summed E-state index contributed by atoms with van der Waals surface area (Å²) in [5, 5.41) is 12.6. The van der Waals surface area contributed by atoms with Crippen molar-refractivity contribution in [3.63, 3.8) is 0 Å². The molecule has 0 aromatic carbocycles. The van der Waals surface area contributed by atoms with Crippen molar-refractivity contribution < 1.29 is 0 Å². The molecule has 0 radical (unpaired) electrons. The lowest BCUT2D eigenvalue weighted by molar-refractivity contribution is 0.292. The van der Waals surface area contributed by atoms with Crippen molar-refractivity contribution in [1.29, 1.82) is 5.26 Å². The fraction of sp³-hybridized carbons (Fsp3) is 0.909. The van der Waals surface area contributed by atoms with E-state index in [4.69, 9.17) is 0 Å². The highest BCUT2D eigenvalue weighted by Gasteiger charge is 2.53. The molecular formula is C11H18N2. The van der Waals surface area contributed by atoms with Gasteiger partial charge in [0.2, 0.25) is 0 Å². The monoisotopic (exact) mass is 178 g/mol. The molecule has 1 atom stereocenters. The zero-order valence-corrected chi connectivity index (χ0v) is 8.56. The Morgan fingerprint density at radius 2 is 2.15 bits per heavy atom. The van der Waals surface area contributed by atoms with Gasteiger partial charge < -0.3 is 0 Å². The minimum Gasteiger partial charge on any atom is -0.299 e. The molecule has 0 aromatic heterocycles. The summed E-state index contributed by atoms with van der Waals surface area (Å²) < 4.78 is 0. The maximum absolute atomic E-state index is 9.18. The molecule has 2 aliphatic rings. The first kappa shape index (κ1) is 9.02. The van der Waals surface area contributed by atoms with Crippen LogP contribution < -0.4 is 5.32 Å². The molecule has 2 rings (SSSR count). The van der Waals surface area contributed by atoms with E-state index in [-0.39, 0.29) is 11.0 Å². The van der Waals surface area contributed by atoms with Gasteiger partial charge in [0.15, 0.2) is 0 Å². The quantitative estimate of drug-likeness (QED) is 0.715. The Hall–Kier alpha value is -0.550. The summed E-state index contributed by atoms with van der Waals surface area (Å²) in [6, 6.07) is 2.45. The van der Waals surface area contributed by atoms with Crippen LogP contribution in [0.15, 0.2) is 0 Å². The number of nitrogens with one attached hydrogen (secondary N) is 1. The summed E-state index contributed by atoms with van der Waals surface area (Å²) in [4.78, 5) is 0. The summed E-state index contributed by atoms with van der Waals surface area (Å²) in [5.41, 5.74) is -0.0355. The van der Waals surface area contributed by atoms with Crippen molar-refractivity contribution in [2.75, 3.05) is 6.54 Å². The highest BCUT2D eigenvalue weighted by Crippen LogP contribution is 2.53. The first-order chi connectivity index (χ1) is 6.10. The van der Waals surface area contributed by atoms with Crippen LogP contribution in [-0.2, 0) is 0 Å². The molecule has 2 heteroatoms. The predicted octanol–water partition coefficient (Wildman–Crippen LogP) is 2.07. The topological polar surface area (TPSA) is 35.8 Å². The van der Waals surface area contributed by atoms with Crippen LogP contribution in [0.5, 0.6) is 0 Å². The Bertz CT molecular complexity index is 245. The molecule has 72 valence electrons. The standard InChI is InChI=1S/C11H18N2/c1-10(5-6-10)11(2,8-12)13-7-9-3-4-9/h9,13H,3-7H2,1-2H3. The number of hydrogen-bond donors (Lipinski definition) is 1. The minimum absolute atomic E-state index is 0.247. The molecule has 0 saturated heterocycles. The molecule has 0 aromatic rings. The van der Waals surface area contributed by atoms with Gasteiger partial charge in [-0.2, -0.15) is 5.26 Å². The Morgan fingerprint density at radius 3 is 2.54 bits per heavy atom. The second-order valence-corrected chi connectivity index (χ2v) is 5.12. The molecule has 2 aliphatic carbocycles. The van der Waals surface area contributed by atoms with Gasteiger partial charge >= 0.3 is 0 Å². The van der Waals surface area contributed by atoms with E-state index < -0.39 is 0 Å². The summed E-state index contributed by atoms with van der Waals surface area (Å²) in [6.45, 7) is 5.32.